The van der Waals surface area contributed by atoms with Gasteiger partial charge in [-0.2, -0.15) is 0 Å². The first kappa shape index (κ1) is 11.8. The van der Waals surface area contributed by atoms with E-state index in [0.29, 0.717) is 0 Å². The Hall–Kier alpha value is -1.64. The lowest BCUT2D eigenvalue weighted by Gasteiger charge is -2.16. The van der Waals surface area contributed by atoms with Crippen molar-refractivity contribution in [1.82, 2.24) is 0 Å². The molecule has 0 spiro atoms. The van der Waals surface area contributed by atoms with Crippen LogP contribution in [0.5, 0.6) is 0 Å². The van der Waals surface area contributed by atoms with Crippen molar-refractivity contribution >= 4 is 0 Å². The number of aryl methyl sites for hydroxylation is 1. The number of aliphatic hydroxyl groups is 2. The van der Waals surface area contributed by atoms with Crippen LogP contribution in [0.1, 0.15) is 28.4 Å². The Morgan fingerprint density at radius 1 is 0.941 bits per heavy atom. The maximum atomic E-state index is 10.4. The molecule has 2 aromatic carbocycles. The van der Waals surface area contributed by atoms with E-state index in [0.717, 1.165) is 22.3 Å². The second-order valence-electron chi connectivity index (χ2n) is 4.12. The molecule has 0 heterocycles. The van der Waals surface area contributed by atoms with Crippen LogP contribution in [0, 0.1) is 6.92 Å². The van der Waals surface area contributed by atoms with Crippen molar-refractivity contribution in [3.05, 3.63) is 70.8 Å². The highest BCUT2D eigenvalue weighted by molar-refractivity contribution is 5.38. The molecule has 0 radical (unpaired) electrons. The maximum absolute atomic E-state index is 10.4. The van der Waals surface area contributed by atoms with E-state index >= 15 is 0 Å². The molecule has 17 heavy (non-hydrogen) atoms. The molecular formula is C15H16O2. The van der Waals surface area contributed by atoms with Crippen LogP contribution in [0.25, 0.3) is 0 Å². The summed E-state index contributed by atoms with van der Waals surface area (Å²) in [7, 11) is 0. The van der Waals surface area contributed by atoms with E-state index < -0.39 is 6.10 Å². The summed E-state index contributed by atoms with van der Waals surface area (Å²) in [6.07, 6.45) is -0.681. The highest BCUT2D eigenvalue weighted by atomic mass is 16.3. The molecule has 0 amide bonds. The number of hydrogen-bond donors (Lipinski definition) is 2. The van der Waals surface area contributed by atoms with Crippen LogP contribution < -0.4 is 0 Å². The normalized spacial score (nSPS) is 12.4. The summed E-state index contributed by atoms with van der Waals surface area (Å²) in [4.78, 5) is 0. The zero-order valence-corrected chi connectivity index (χ0v) is 9.80. The smallest absolute Gasteiger partial charge is 0.105 e. The summed E-state index contributed by atoms with van der Waals surface area (Å²) in [5.41, 5.74) is 3.47. The van der Waals surface area contributed by atoms with Crippen molar-refractivity contribution in [2.75, 3.05) is 0 Å². The molecule has 2 rings (SSSR count). The lowest BCUT2D eigenvalue weighted by Crippen LogP contribution is -2.05. The molecule has 0 fully saturated rings. The maximum Gasteiger partial charge on any atom is 0.105 e. The van der Waals surface area contributed by atoms with Crippen LogP contribution in [0.15, 0.2) is 48.5 Å². The van der Waals surface area contributed by atoms with Gasteiger partial charge in [-0.1, -0.05) is 48.5 Å². The minimum absolute atomic E-state index is 0.0564. The SMILES string of the molecule is Cc1ccccc1C(O)c1ccccc1CO. The number of hydrogen-bond acceptors (Lipinski definition) is 2. The van der Waals surface area contributed by atoms with Gasteiger partial charge in [0.2, 0.25) is 0 Å². The second-order valence-corrected chi connectivity index (χ2v) is 4.12. The summed E-state index contributed by atoms with van der Waals surface area (Å²) >= 11 is 0. The Labute approximate surface area is 101 Å². The van der Waals surface area contributed by atoms with E-state index in [1.165, 1.54) is 0 Å². The average molecular weight is 228 g/mol. The molecule has 88 valence electrons. The molecule has 0 bridgehead atoms. The van der Waals surface area contributed by atoms with Gasteiger partial charge in [0.05, 0.1) is 6.61 Å². The van der Waals surface area contributed by atoms with Gasteiger partial charge in [-0.25, -0.2) is 0 Å². The first-order chi connectivity index (χ1) is 8.24. The van der Waals surface area contributed by atoms with Crippen LogP contribution >= 0.6 is 0 Å². The fourth-order valence-electron chi connectivity index (χ4n) is 2.01. The van der Waals surface area contributed by atoms with Crippen molar-refractivity contribution in [3.63, 3.8) is 0 Å². The Balaban J connectivity index is 2.44. The molecule has 1 atom stereocenters. The molecule has 0 saturated carbocycles. The summed E-state index contributed by atoms with van der Waals surface area (Å²) in [6.45, 7) is 1.92. The van der Waals surface area contributed by atoms with Gasteiger partial charge in [0.15, 0.2) is 0 Å². The Morgan fingerprint density at radius 2 is 1.53 bits per heavy atom. The largest absolute Gasteiger partial charge is 0.392 e. The molecule has 0 saturated heterocycles. The van der Waals surface area contributed by atoms with E-state index in [-0.39, 0.29) is 6.61 Å². The van der Waals surface area contributed by atoms with Gasteiger partial charge >= 0.3 is 0 Å². The van der Waals surface area contributed by atoms with E-state index in [1.54, 1.807) is 0 Å². The quantitative estimate of drug-likeness (QED) is 0.847. The average Bonchev–Trinajstić information content (AvgIpc) is 2.38. The lowest BCUT2D eigenvalue weighted by molar-refractivity contribution is 0.212. The van der Waals surface area contributed by atoms with Gasteiger partial charge in [-0.15, -0.1) is 0 Å². The molecule has 2 heteroatoms. The van der Waals surface area contributed by atoms with E-state index in [2.05, 4.69) is 0 Å². The summed E-state index contributed by atoms with van der Waals surface area (Å²) in [5, 5.41) is 19.6. The lowest BCUT2D eigenvalue weighted by atomic mass is 9.94. The van der Waals surface area contributed by atoms with Gasteiger partial charge in [-0.05, 0) is 29.2 Å². The van der Waals surface area contributed by atoms with Crippen molar-refractivity contribution in [1.29, 1.82) is 0 Å². The number of benzene rings is 2. The Bertz CT molecular complexity index is 506. The van der Waals surface area contributed by atoms with Gasteiger partial charge in [0, 0.05) is 0 Å². The first-order valence-corrected chi connectivity index (χ1v) is 5.66. The van der Waals surface area contributed by atoms with Crippen LogP contribution in [-0.4, -0.2) is 10.2 Å². The van der Waals surface area contributed by atoms with Crippen LogP contribution in [0.3, 0.4) is 0 Å². The van der Waals surface area contributed by atoms with Crippen LogP contribution in [0.4, 0.5) is 0 Å². The van der Waals surface area contributed by atoms with Crippen molar-refractivity contribution in [2.24, 2.45) is 0 Å². The standard InChI is InChI=1S/C15H16O2/c1-11-6-2-4-8-13(11)15(17)14-9-5-3-7-12(14)10-16/h2-9,15-17H,10H2,1H3. The predicted molar refractivity (Wildman–Crippen MR) is 67.6 cm³/mol. The third kappa shape index (κ3) is 2.38. The summed E-state index contributed by atoms with van der Waals surface area (Å²) in [6, 6.07) is 15.2. The third-order valence-electron chi connectivity index (χ3n) is 3.00. The second kappa shape index (κ2) is 5.13. The summed E-state index contributed by atoms with van der Waals surface area (Å²) in [5.74, 6) is 0. The molecule has 0 aliphatic rings. The molecule has 2 aromatic rings. The monoisotopic (exact) mass is 228 g/mol. The van der Waals surface area contributed by atoms with E-state index in [4.69, 9.17) is 0 Å². The fraction of sp³-hybridized carbons (Fsp3) is 0.200. The Kier molecular flexibility index (Phi) is 3.57. The number of aliphatic hydroxyl groups excluding tert-OH is 2. The molecule has 2 N–H and O–H groups in total. The van der Waals surface area contributed by atoms with Crippen molar-refractivity contribution < 1.29 is 10.2 Å². The van der Waals surface area contributed by atoms with E-state index in [1.807, 2.05) is 55.5 Å². The molecule has 1 unspecified atom stereocenters. The van der Waals surface area contributed by atoms with Gasteiger partial charge in [0.1, 0.15) is 6.10 Å². The van der Waals surface area contributed by atoms with Crippen LogP contribution in [0.2, 0.25) is 0 Å². The molecule has 2 nitrogen and oxygen atoms in total. The number of rotatable bonds is 3. The van der Waals surface area contributed by atoms with Crippen LogP contribution in [-0.2, 0) is 6.61 Å². The zero-order valence-electron chi connectivity index (χ0n) is 9.80. The minimum atomic E-state index is -0.681. The first-order valence-electron chi connectivity index (χ1n) is 5.66. The topological polar surface area (TPSA) is 40.5 Å². The van der Waals surface area contributed by atoms with E-state index in [9.17, 15) is 10.2 Å². The zero-order chi connectivity index (χ0) is 12.3. The van der Waals surface area contributed by atoms with Crippen molar-refractivity contribution in [3.8, 4) is 0 Å². The Morgan fingerprint density at radius 3 is 2.18 bits per heavy atom. The highest BCUT2D eigenvalue weighted by Gasteiger charge is 2.15. The molecule has 0 aromatic heterocycles. The highest BCUT2D eigenvalue weighted by Crippen LogP contribution is 2.27. The molecule has 0 aliphatic heterocycles. The molecule has 0 aliphatic carbocycles. The van der Waals surface area contributed by atoms with Gasteiger partial charge in [-0.3, -0.25) is 0 Å². The van der Waals surface area contributed by atoms with Gasteiger partial charge in [0.25, 0.3) is 0 Å². The van der Waals surface area contributed by atoms with Gasteiger partial charge < -0.3 is 10.2 Å². The third-order valence-corrected chi connectivity index (χ3v) is 3.00. The molecular weight excluding hydrogens is 212 g/mol. The summed E-state index contributed by atoms with van der Waals surface area (Å²) < 4.78 is 0. The minimum Gasteiger partial charge on any atom is -0.392 e. The predicted octanol–water partition coefficient (Wildman–Crippen LogP) is 2.57. The fourth-order valence-corrected chi connectivity index (χ4v) is 2.01. The van der Waals surface area contributed by atoms with Crippen molar-refractivity contribution in [2.45, 2.75) is 19.6 Å².